The Bertz CT molecular complexity index is 934. The van der Waals surface area contributed by atoms with Gasteiger partial charge < -0.3 is 11.2 Å². The van der Waals surface area contributed by atoms with Crippen molar-refractivity contribution < 1.29 is 4.79 Å². The van der Waals surface area contributed by atoms with Gasteiger partial charge in [-0.15, -0.1) is 10.2 Å². The van der Waals surface area contributed by atoms with Crippen LogP contribution < -0.4 is 11.2 Å². The fourth-order valence-electron chi connectivity index (χ4n) is 2.73. The highest BCUT2D eigenvalue weighted by molar-refractivity contribution is 7.99. The Balaban J connectivity index is 1.58. The third-order valence-electron chi connectivity index (χ3n) is 4.68. The SMILES string of the molecule is CC[C@H](C)c1ccc(NC(=O)CSc2nnc(-c3ccc(C)cc3)n2N)cc1. The van der Waals surface area contributed by atoms with Crippen molar-refractivity contribution in [3.05, 3.63) is 59.7 Å². The van der Waals surface area contributed by atoms with E-state index in [1.807, 2.05) is 43.3 Å². The van der Waals surface area contributed by atoms with Gasteiger partial charge in [0.2, 0.25) is 11.1 Å². The van der Waals surface area contributed by atoms with Gasteiger partial charge in [0.15, 0.2) is 5.82 Å². The number of nitrogens with one attached hydrogen (secondary N) is 1. The van der Waals surface area contributed by atoms with E-state index in [1.54, 1.807) is 0 Å². The van der Waals surface area contributed by atoms with Crippen LogP contribution >= 0.6 is 11.8 Å². The lowest BCUT2D eigenvalue weighted by molar-refractivity contribution is -0.113. The lowest BCUT2D eigenvalue weighted by atomic mass is 9.99. The zero-order valence-corrected chi connectivity index (χ0v) is 17.2. The van der Waals surface area contributed by atoms with Gasteiger partial charge in [0, 0.05) is 11.3 Å². The molecule has 0 fully saturated rings. The Morgan fingerprint density at radius 1 is 1.14 bits per heavy atom. The molecule has 1 atom stereocenters. The molecule has 3 aromatic rings. The molecule has 0 bridgehead atoms. The van der Waals surface area contributed by atoms with Gasteiger partial charge in [-0.2, -0.15) is 0 Å². The molecular formula is C21H25N5OS. The first-order chi connectivity index (χ1) is 13.5. The minimum absolute atomic E-state index is 0.110. The normalized spacial score (nSPS) is 12.0. The van der Waals surface area contributed by atoms with Crippen molar-refractivity contribution in [1.82, 2.24) is 14.9 Å². The fraction of sp³-hybridized carbons (Fsp3) is 0.286. The van der Waals surface area contributed by atoms with Crippen LogP contribution in [0, 0.1) is 6.92 Å². The summed E-state index contributed by atoms with van der Waals surface area (Å²) in [6.07, 6.45) is 1.09. The molecule has 3 N–H and O–H groups in total. The fourth-order valence-corrected chi connectivity index (χ4v) is 3.39. The number of thioether (sulfide) groups is 1. The van der Waals surface area contributed by atoms with Crippen molar-refractivity contribution in [3.63, 3.8) is 0 Å². The van der Waals surface area contributed by atoms with Gasteiger partial charge in [0.1, 0.15) is 0 Å². The number of anilines is 1. The summed E-state index contributed by atoms with van der Waals surface area (Å²) in [7, 11) is 0. The number of aryl methyl sites for hydroxylation is 1. The predicted molar refractivity (Wildman–Crippen MR) is 115 cm³/mol. The standard InChI is InChI=1S/C21H25N5OS/c1-4-15(3)16-9-11-18(12-10-16)23-19(27)13-28-21-25-24-20(26(21)22)17-7-5-14(2)6-8-17/h5-12,15H,4,13,22H2,1-3H3,(H,23,27)/t15-/m0/s1. The third kappa shape index (κ3) is 4.72. The van der Waals surface area contributed by atoms with Crippen LogP contribution in [0.4, 0.5) is 5.69 Å². The topological polar surface area (TPSA) is 85.8 Å². The molecule has 0 saturated carbocycles. The Morgan fingerprint density at radius 2 is 1.82 bits per heavy atom. The van der Waals surface area contributed by atoms with Crippen LogP contribution in [0.5, 0.6) is 0 Å². The second-order valence-corrected chi connectivity index (χ2v) is 7.75. The number of amides is 1. The number of hydrogen-bond acceptors (Lipinski definition) is 5. The average molecular weight is 396 g/mol. The van der Waals surface area contributed by atoms with Gasteiger partial charge in [-0.1, -0.05) is 67.6 Å². The molecule has 7 heteroatoms. The van der Waals surface area contributed by atoms with E-state index in [9.17, 15) is 4.79 Å². The van der Waals surface area contributed by atoms with Crippen molar-refractivity contribution in [2.45, 2.75) is 38.3 Å². The maximum atomic E-state index is 12.3. The van der Waals surface area contributed by atoms with Crippen molar-refractivity contribution in [2.24, 2.45) is 0 Å². The largest absolute Gasteiger partial charge is 0.335 e. The number of benzene rings is 2. The Labute approximate surface area is 169 Å². The van der Waals surface area contributed by atoms with E-state index in [1.165, 1.54) is 22.0 Å². The molecule has 0 unspecified atom stereocenters. The Kier molecular flexibility index (Phi) is 6.36. The van der Waals surface area contributed by atoms with Crippen molar-refractivity contribution in [1.29, 1.82) is 0 Å². The van der Waals surface area contributed by atoms with Crippen LogP contribution in [0.25, 0.3) is 11.4 Å². The van der Waals surface area contributed by atoms with Gasteiger partial charge in [0.25, 0.3) is 0 Å². The highest BCUT2D eigenvalue weighted by Gasteiger charge is 2.14. The van der Waals surface area contributed by atoms with E-state index in [0.29, 0.717) is 16.9 Å². The van der Waals surface area contributed by atoms with E-state index < -0.39 is 0 Å². The maximum Gasteiger partial charge on any atom is 0.234 e. The lowest BCUT2D eigenvalue weighted by Gasteiger charge is -2.10. The first-order valence-corrected chi connectivity index (χ1v) is 10.3. The Morgan fingerprint density at radius 3 is 2.46 bits per heavy atom. The minimum atomic E-state index is -0.110. The second-order valence-electron chi connectivity index (χ2n) is 6.81. The number of nitrogens with zero attached hydrogens (tertiary/aromatic N) is 3. The van der Waals surface area contributed by atoms with Gasteiger partial charge in [-0.05, 0) is 37.0 Å². The molecule has 1 amide bonds. The summed E-state index contributed by atoms with van der Waals surface area (Å²) in [5, 5.41) is 11.7. The summed E-state index contributed by atoms with van der Waals surface area (Å²) in [6, 6.07) is 15.9. The number of hydrogen-bond donors (Lipinski definition) is 2. The maximum absolute atomic E-state index is 12.3. The molecule has 3 rings (SSSR count). The van der Waals surface area contributed by atoms with Gasteiger partial charge in [-0.3, -0.25) is 4.79 Å². The summed E-state index contributed by atoms with van der Waals surface area (Å²) in [6.45, 7) is 6.38. The first kappa shape index (κ1) is 19.9. The predicted octanol–water partition coefficient (Wildman–Crippen LogP) is 4.21. The summed E-state index contributed by atoms with van der Waals surface area (Å²) in [5.41, 5.74) is 4.11. The molecule has 0 spiro atoms. The summed E-state index contributed by atoms with van der Waals surface area (Å²) >= 11 is 1.26. The average Bonchev–Trinajstić information content (AvgIpc) is 3.07. The number of carbonyl (C=O) groups excluding carboxylic acids is 1. The third-order valence-corrected chi connectivity index (χ3v) is 5.63. The van der Waals surface area contributed by atoms with Crippen LogP contribution in [-0.2, 0) is 4.79 Å². The number of nitrogens with two attached hydrogens (primary N) is 1. The van der Waals surface area contributed by atoms with Crippen molar-refractivity contribution in [3.8, 4) is 11.4 Å². The molecule has 0 radical (unpaired) electrons. The molecule has 2 aromatic carbocycles. The first-order valence-electron chi connectivity index (χ1n) is 9.28. The van der Waals surface area contributed by atoms with Crippen LogP contribution in [-0.4, -0.2) is 26.5 Å². The molecule has 1 aromatic heterocycles. The van der Waals surface area contributed by atoms with Gasteiger partial charge >= 0.3 is 0 Å². The molecule has 0 aliphatic rings. The van der Waals surface area contributed by atoms with Crippen LogP contribution in [0.15, 0.2) is 53.7 Å². The van der Waals surface area contributed by atoms with E-state index in [4.69, 9.17) is 5.84 Å². The van der Waals surface area contributed by atoms with Crippen LogP contribution in [0.3, 0.4) is 0 Å². The molecule has 6 nitrogen and oxygen atoms in total. The molecule has 0 aliphatic carbocycles. The molecule has 0 aliphatic heterocycles. The smallest absolute Gasteiger partial charge is 0.234 e. The highest BCUT2D eigenvalue weighted by Crippen LogP contribution is 2.23. The van der Waals surface area contributed by atoms with E-state index in [-0.39, 0.29) is 11.7 Å². The number of rotatable bonds is 7. The lowest BCUT2D eigenvalue weighted by Crippen LogP contribution is -2.16. The summed E-state index contributed by atoms with van der Waals surface area (Å²) < 4.78 is 1.42. The zero-order chi connectivity index (χ0) is 20.1. The number of carbonyl (C=O) groups is 1. The van der Waals surface area contributed by atoms with Crippen LogP contribution in [0.1, 0.15) is 37.3 Å². The molecule has 0 saturated heterocycles. The zero-order valence-electron chi connectivity index (χ0n) is 16.3. The summed E-state index contributed by atoms with van der Waals surface area (Å²) in [5.74, 6) is 7.29. The highest BCUT2D eigenvalue weighted by atomic mass is 32.2. The molecule has 146 valence electrons. The van der Waals surface area contributed by atoms with Crippen molar-refractivity contribution >= 4 is 23.4 Å². The molecular weight excluding hydrogens is 370 g/mol. The Hall–Kier alpha value is -2.80. The number of aromatic nitrogens is 3. The molecule has 1 heterocycles. The molecule has 28 heavy (non-hydrogen) atoms. The summed E-state index contributed by atoms with van der Waals surface area (Å²) in [4.78, 5) is 12.3. The quantitative estimate of drug-likeness (QED) is 0.462. The van der Waals surface area contributed by atoms with Gasteiger partial charge in [-0.25, -0.2) is 4.68 Å². The van der Waals surface area contributed by atoms with Crippen molar-refractivity contribution in [2.75, 3.05) is 16.9 Å². The van der Waals surface area contributed by atoms with E-state index in [0.717, 1.165) is 23.2 Å². The number of nitrogen functional groups attached to an aromatic ring is 1. The van der Waals surface area contributed by atoms with E-state index in [2.05, 4.69) is 41.5 Å². The minimum Gasteiger partial charge on any atom is -0.335 e. The second kappa shape index (κ2) is 8.93. The monoisotopic (exact) mass is 395 g/mol. The van der Waals surface area contributed by atoms with E-state index >= 15 is 0 Å². The van der Waals surface area contributed by atoms with Crippen LogP contribution in [0.2, 0.25) is 0 Å². The van der Waals surface area contributed by atoms with Gasteiger partial charge in [0.05, 0.1) is 5.75 Å².